The molecular weight excluding hydrogens is 475 g/mol. The summed E-state index contributed by atoms with van der Waals surface area (Å²) < 4.78 is 20.5. The molecule has 0 amide bonds. The Morgan fingerprint density at radius 1 is 1.06 bits per heavy atom. The Kier molecular flexibility index (Phi) is 9.17. The van der Waals surface area contributed by atoms with Crippen LogP contribution in [0, 0.1) is 34.5 Å². The van der Waals surface area contributed by atoms with Gasteiger partial charge in [0.2, 0.25) is 0 Å². The number of phosphoric ester groups is 1. The van der Waals surface area contributed by atoms with Gasteiger partial charge in [-0.1, -0.05) is 19.0 Å². The van der Waals surface area contributed by atoms with Gasteiger partial charge in [-0.2, -0.15) is 0 Å². The SMILES string of the molecule is C[C@@]1(O)CC[C@@]2(C)C(CC[C@@H]3C2CC[C@]2(C)[C@@H](c4cc(COP(=O)([O-])[O-])on4)CC[C@@H]32)C1.[Na+].[Na+]. The Morgan fingerprint density at radius 2 is 1.76 bits per heavy atom. The molecule has 180 valence electrons. The number of nitrogens with zero attached hydrogens (tertiary/aromatic N) is 1. The summed E-state index contributed by atoms with van der Waals surface area (Å²) in [5.74, 6) is 3.32. The van der Waals surface area contributed by atoms with Crippen molar-refractivity contribution in [1.82, 2.24) is 5.16 Å². The maximum Gasteiger partial charge on any atom is 1.00 e. The summed E-state index contributed by atoms with van der Waals surface area (Å²) in [6.07, 6.45) is 10.1. The van der Waals surface area contributed by atoms with Crippen LogP contribution in [0.15, 0.2) is 10.6 Å². The van der Waals surface area contributed by atoms with Gasteiger partial charge in [-0.15, -0.1) is 0 Å². The Balaban J connectivity index is 0.00000162. The molecule has 0 spiro atoms. The zero-order chi connectivity index (χ0) is 22.9. The molecule has 7 nitrogen and oxygen atoms in total. The smallest absolute Gasteiger partial charge is 0.790 e. The molecule has 4 aliphatic carbocycles. The third-order valence-corrected chi connectivity index (χ3v) is 10.7. The molecule has 1 aromatic heterocycles. The van der Waals surface area contributed by atoms with Crippen LogP contribution in [0.5, 0.6) is 0 Å². The molecule has 2 unspecified atom stereocenters. The van der Waals surface area contributed by atoms with Gasteiger partial charge in [-0.05, 0) is 99.2 Å². The summed E-state index contributed by atoms with van der Waals surface area (Å²) in [6, 6.07) is 1.78. The molecule has 5 rings (SSSR count). The van der Waals surface area contributed by atoms with Crippen molar-refractivity contribution in [1.29, 1.82) is 0 Å². The molecular formula is C24H36NNa2O6P. The Morgan fingerprint density at radius 3 is 2.47 bits per heavy atom. The van der Waals surface area contributed by atoms with Gasteiger partial charge in [0, 0.05) is 12.0 Å². The molecule has 1 N–H and O–H groups in total. The van der Waals surface area contributed by atoms with Crippen molar-refractivity contribution < 1.29 is 87.6 Å². The zero-order valence-corrected chi connectivity index (χ0v) is 26.3. The number of rotatable bonds is 4. The second-order valence-electron chi connectivity index (χ2n) is 12.0. The topological polar surface area (TPSA) is 119 Å². The van der Waals surface area contributed by atoms with E-state index in [1.54, 1.807) is 6.07 Å². The van der Waals surface area contributed by atoms with Crippen molar-refractivity contribution in [3.05, 3.63) is 17.5 Å². The first-order valence-corrected chi connectivity index (χ1v) is 13.7. The first-order valence-electron chi connectivity index (χ1n) is 12.3. The second-order valence-corrected chi connectivity index (χ2v) is 13.1. The van der Waals surface area contributed by atoms with Crippen molar-refractivity contribution in [3.63, 3.8) is 0 Å². The Labute approximate surface area is 247 Å². The summed E-state index contributed by atoms with van der Waals surface area (Å²) in [5.41, 5.74) is 0.866. The average Bonchev–Trinajstić information content (AvgIpc) is 3.30. The normalized spacial score (nSPS) is 43.6. The van der Waals surface area contributed by atoms with Gasteiger partial charge in [0.05, 0.1) is 19.1 Å². The first-order chi connectivity index (χ1) is 14.9. The maximum absolute atomic E-state index is 10.8. The molecule has 10 heteroatoms. The van der Waals surface area contributed by atoms with E-state index in [0.717, 1.165) is 49.6 Å². The molecule has 0 radical (unpaired) electrons. The fourth-order valence-corrected chi connectivity index (χ4v) is 8.91. The summed E-state index contributed by atoms with van der Waals surface area (Å²) in [7, 11) is -5.03. The molecule has 8 atom stereocenters. The number of hydrogen-bond acceptors (Lipinski definition) is 7. The van der Waals surface area contributed by atoms with E-state index in [0.29, 0.717) is 17.3 Å². The number of aromatic nitrogens is 1. The fraction of sp³-hybridized carbons (Fsp3) is 0.875. The molecule has 4 saturated carbocycles. The van der Waals surface area contributed by atoms with E-state index in [2.05, 4.69) is 23.5 Å². The molecule has 34 heavy (non-hydrogen) atoms. The van der Waals surface area contributed by atoms with Gasteiger partial charge in [-0.25, -0.2) is 0 Å². The first kappa shape index (κ1) is 29.8. The molecule has 4 aliphatic rings. The summed E-state index contributed by atoms with van der Waals surface area (Å²) in [4.78, 5) is 21.6. The van der Waals surface area contributed by atoms with Gasteiger partial charge >= 0.3 is 59.1 Å². The minimum absolute atomic E-state index is 0. The third kappa shape index (κ3) is 5.38. The van der Waals surface area contributed by atoms with Crippen LogP contribution in [0.4, 0.5) is 0 Å². The summed E-state index contributed by atoms with van der Waals surface area (Å²) >= 11 is 0. The summed E-state index contributed by atoms with van der Waals surface area (Å²) in [5, 5.41) is 14.9. The average molecular weight is 512 g/mol. The van der Waals surface area contributed by atoms with Crippen molar-refractivity contribution in [2.45, 2.75) is 96.7 Å². The van der Waals surface area contributed by atoms with Crippen molar-refractivity contribution in [2.75, 3.05) is 0 Å². The van der Waals surface area contributed by atoms with Crippen molar-refractivity contribution in [2.24, 2.45) is 34.5 Å². The second kappa shape index (κ2) is 10.4. The number of fused-ring (bicyclic) bond motifs is 5. The van der Waals surface area contributed by atoms with Gasteiger partial charge in [0.15, 0.2) is 5.76 Å². The number of hydrogen-bond donors (Lipinski definition) is 1. The monoisotopic (exact) mass is 511 g/mol. The molecule has 0 aromatic carbocycles. The largest absolute Gasteiger partial charge is 1.00 e. The van der Waals surface area contributed by atoms with Gasteiger partial charge in [0.25, 0.3) is 0 Å². The maximum atomic E-state index is 10.8. The predicted molar refractivity (Wildman–Crippen MR) is 114 cm³/mol. The van der Waals surface area contributed by atoms with Crippen LogP contribution < -0.4 is 68.9 Å². The van der Waals surface area contributed by atoms with Gasteiger partial charge < -0.3 is 28.5 Å². The minimum atomic E-state index is -5.03. The number of aliphatic hydroxyl groups is 1. The minimum Gasteiger partial charge on any atom is -0.790 e. The zero-order valence-electron chi connectivity index (χ0n) is 21.4. The van der Waals surface area contributed by atoms with Crippen LogP contribution in [0.2, 0.25) is 0 Å². The standard InChI is InChI=1S/C24H38NO6P.2Na/c1-22(26)10-11-23(2)15(13-22)4-5-17-18-6-7-20(24(18,3)9-8-19(17)23)21-12-16(31-25-21)14-30-32(27,28)29;;/h12,15,17-20,26H,4-11,13-14H2,1-3H3,(H2,27,28,29);;/q;2*+1/p-2/t15?,17-,18-,19?,20+,22+,23-,24-;;/m0../s1. The van der Waals surface area contributed by atoms with Gasteiger partial charge in [-0.3, -0.25) is 0 Å². The van der Waals surface area contributed by atoms with Crippen LogP contribution in [0.25, 0.3) is 0 Å². The van der Waals surface area contributed by atoms with E-state index in [9.17, 15) is 19.5 Å². The number of phosphoric acid groups is 1. The summed E-state index contributed by atoms with van der Waals surface area (Å²) in [6.45, 7) is 6.55. The van der Waals surface area contributed by atoms with Crippen molar-refractivity contribution >= 4 is 7.82 Å². The van der Waals surface area contributed by atoms with Crippen LogP contribution >= 0.6 is 7.82 Å². The molecule has 0 bridgehead atoms. The molecule has 1 aromatic rings. The van der Waals surface area contributed by atoms with E-state index in [1.807, 2.05) is 6.92 Å². The van der Waals surface area contributed by atoms with Crippen molar-refractivity contribution in [3.8, 4) is 0 Å². The van der Waals surface area contributed by atoms with E-state index < -0.39 is 20.0 Å². The van der Waals surface area contributed by atoms with Crippen LogP contribution in [0.3, 0.4) is 0 Å². The van der Waals surface area contributed by atoms with Crippen LogP contribution in [-0.2, 0) is 15.7 Å². The quantitative estimate of drug-likeness (QED) is 0.364. The predicted octanol–water partition coefficient (Wildman–Crippen LogP) is -2.09. The third-order valence-electron chi connectivity index (χ3n) is 10.3. The van der Waals surface area contributed by atoms with E-state index in [1.165, 1.54) is 25.7 Å². The fourth-order valence-electron chi connectivity index (χ4n) is 8.62. The molecule has 4 fully saturated rings. The molecule has 1 heterocycles. The van der Waals surface area contributed by atoms with Crippen LogP contribution in [0.1, 0.15) is 95.9 Å². The van der Waals surface area contributed by atoms with E-state index in [4.69, 9.17) is 4.52 Å². The molecule has 0 saturated heterocycles. The Hall–Kier alpha value is 1.28. The van der Waals surface area contributed by atoms with E-state index in [-0.39, 0.29) is 76.2 Å². The molecule has 0 aliphatic heterocycles. The van der Waals surface area contributed by atoms with Gasteiger partial charge in [0.1, 0.15) is 6.61 Å². The Bertz CT molecular complexity index is 921. The van der Waals surface area contributed by atoms with Crippen LogP contribution in [-0.4, -0.2) is 15.9 Å². The van der Waals surface area contributed by atoms with E-state index >= 15 is 0 Å².